The van der Waals surface area contributed by atoms with Crippen molar-refractivity contribution < 1.29 is 14.6 Å². The maximum atomic E-state index is 11.2. The molecule has 0 bridgehead atoms. The number of carbonyl (C=O) groups is 1. The summed E-state index contributed by atoms with van der Waals surface area (Å²) in [5.74, 6) is -0.901. The molecule has 2 aromatic rings. The van der Waals surface area contributed by atoms with Crippen LogP contribution in [0.3, 0.4) is 0 Å². The molecule has 0 aromatic heterocycles. The molecule has 0 aliphatic carbocycles. The Bertz CT molecular complexity index is 654. The monoisotopic (exact) mass is 310 g/mol. The van der Waals surface area contributed by atoms with Crippen LogP contribution < -0.4 is 4.74 Å². The van der Waals surface area contributed by atoms with Gasteiger partial charge in [-0.25, -0.2) is 4.79 Å². The third-order valence-electron chi connectivity index (χ3n) is 2.78. The van der Waals surface area contributed by atoms with Crippen molar-refractivity contribution >= 4 is 29.2 Å². The van der Waals surface area contributed by atoms with Crippen molar-refractivity contribution in [2.45, 2.75) is 13.5 Å². The Morgan fingerprint density at radius 2 is 1.95 bits per heavy atom. The molecule has 0 spiro atoms. The first-order valence-electron chi connectivity index (χ1n) is 5.88. The predicted octanol–water partition coefficient (Wildman–Crippen LogP) is 4.58. The van der Waals surface area contributed by atoms with Crippen LogP contribution in [0.15, 0.2) is 36.4 Å². The zero-order valence-electron chi connectivity index (χ0n) is 10.7. The fraction of sp³-hybridized carbons (Fsp3) is 0.133. The molecule has 0 heterocycles. The smallest absolute Gasteiger partial charge is 0.341 e. The Balaban J connectivity index is 2.23. The molecule has 0 amide bonds. The number of rotatable bonds is 4. The van der Waals surface area contributed by atoms with E-state index in [0.29, 0.717) is 5.02 Å². The number of carboxylic acid groups (broad SMARTS) is 1. The van der Waals surface area contributed by atoms with Crippen molar-refractivity contribution in [1.82, 2.24) is 0 Å². The molecule has 2 rings (SSSR count). The Labute approximate surface area is 126 Å². The molecule has 5 heteroatoms. The van der Waals surface area contributed by atoms with Crippen LogP contribution >= 0.6 is 23.2 Å². The number of halogens is 2. The summed E-state index contributed by atoms with van der Waals surface area (Å²) in [6, 6.07) is 10.3. The largest absolute Gasteiger partial charge is 0.488 e. The van der Waals surface area contributed by atoms with Crippen LogP contribution in [0.5, 0.6) is 5.75 Å². The van der Waals surface area contributed by atoms with Gasteiger partial charge in [0, 0.05) is 10.6 Å². The lowest BCUT2D eigenvalue weighted by molar-refractivity contribution is 0.0692. The minimum Gasteiger partial charge on any atom is -0.488 e. The lowest BCUT2D eigenvalue weighted by Crippen LogP contribution is -2.04. The lowest BCUT2D eigenvalue weighted by atomic mass is 10.1. The van der Waals surface area contributed by atoms with Crippen molar-refractivity contribution in [3.8, 4) is 5.75 Å². The maximum Gasteiger partial charge on any atom is 0.341 e. The number of ether oxygens (including phenoxy) is 1. The maximum absolute atomic E-state index is 11.2. The molecule has 0 atom stereocenters. The quantitative estimate of drug-likeness (QED) is 0.899. The second-order valence-corrected chi connectivity index (χ2v) is 5.12. The lowest BCUT2D eigenvalue weighted by Gasteiger charge is -2.11. The molecule has 0 unspecified atom stereocenters. The highest BCUT2D eigenvalue weighted by molar-refractivity contribution is 6.34. The van der Waals surface area contributed by atoms with Gasteiger partial charge in [-0.1, -0.05) is 41.4 Å². The zero-order chi connectivity index (χ0) is 14.7. The molecule has 104 valence electrons. The third kappa shape index (κ3) is 3.24. The number of carboxylic acids is 1. The van der Waals surface area contributed by atoms with E-state index in [1.54, 1.807) is 12.1 Å². The third-order valence-corrected chi connectivity index (χ3v) is 3.45. The van der Waals surface area contributed by atoms with Gasteiger partial charge >= 0.3 is 5.97 Å². The molecule has 0 aliphatic heterocycles. The number of aromatic carboxylic acids is 1. The first-order valence-corrected chi connectivity index (χ1v) is 6.64. The van der Waals surface area contributed by atoms with E-state index < -0.39 is 5.97 Å². The standard InChI is InChI=1S/C15H12Cl2O3/c1-9-5-6-10(12(17)7-9)8-20-13-4-2-3-11(16)14(13)15(18)19/h2-7H,8H2,1H3,(H,18,19). The summed E-state index contributed by atoms with van der Waals surface area (Å²) >= 11 is 12.0. The average molecular weight is 311 g/mol. The van der Waals surface area contributed by atoms with E-state index in [0.717, 1.165) is 11.1 Å². The van der Waals surface area contributed by atoms with Crippen molar-refractivity contribution in [3.63, 3.8) is 0 Å². The Kier molecular flexibility index (Phi) is 4.53. The van der Waals surface area contributed by atoms with Crippen LogP contribution in [0.1, 0.15) is 21.5 Å². The van der Waals surface area contributed by atoms with E-state index >= 15 is 0 Å². The summed E-state index contributed by atoms with van der Waals surface area (Å²) in [5, 5.41) is 9.87. The predicted molar refractivity (Wildman–Crippen MR) is 78.9 cm³/mol. The Hall–Kier alpha value is -1.71. The van der Waals surface area contributed by atoms with Crippen LogP contribution in [0.2, 0.25) is 10.0 Å². The highest BCUT2D eigenvalue weighted by atomic mass is 35.5. The second-order valence-electron chi connectivity index (χ2n) is 4.30. The van der Waals surface area contributed by atoms with Crippen molar-refractivity contribution in [2.75, 3.05) is 0 Å². The molecular formula is C15H12Cl2O3. The molecule has 20 heavy (non-hydrogen) atoms. The zero-order valence-corrected chi connectivity index (χ0v) is 12.2. The summed E-state index contributed by atoms with van der Waals surface area (Å²) in [4.78, 5) is 11.2. The molecule has 1 N–H and O–H groups in total. The Morgan fingerprint density at radius 1 is 1.20 bits per heavy atom. The van der Waals surface area contributed by atoms with Gasteiger partial charge in [-0.05, 0) is 30.7 Å². The van der Waals surface area contributed by atoms with Gasteiger partial charge in [0.25, 0.3) is 0 Å². The van der Waals surface area contributed by atoms with Gasteiger partial charge in [0.2, 0.25) is 0 Å². The van der Waals surface area contributed by atoms with Crippen molar-refractivity contribution in [1.29, 1.82) is 0 Å². The van der Waals surface area contributed by atoms with Gasteiger partial charge in [-0.15, -0.1) is 0 Å². The first kappa shape index (κ1) is 14.7. The number of hydrogen-bond acceptors (Lipinski definition) is 2. The van der Waals surface area contributed by atoms with E-state index in [4.69, 9.17) is 33.0 Å². The molecule has 0 saturated heterocycles. The molecule has 3 nitrogen and oxygen atoms in total. The number of aryl methyl sites for hydroxylation is 1. The van der Waals surface area contributed by atoms with E-state index in [1.807, 2.05) is 25.1 Å². The minimum absolute atomic E-state index is 0.0441. The van der Waals surface area contributed by atoms with Crippen molar-refractivity contribution in [2.24, 2.45) is 0 Å². The topological polar surface area (TPSA) is 46.5 Å². The summed E-state index contributed by atoms with van der Waals surface area (Å²) in [6.45, 7) is 2.12. The average Bonchev–Trinajstić information content (AvgIpc) is 2.37. The van der Waals surface area contributed by atoms with Crippen LogP contribution in [-0.2, 0) is 6.61 Å². The number of benzene rings is 2. The molecule has 0 aliphatic rings. The SMILES string of the molecule is Cc1ccc(COc2cccc(Cl)c2C(=O)O)c(Cl)c1. The van der Waals surface area contributed by atoms with Gasteiger partial charge < -0.3 is 9.84 Å². The second kappa shape index (κ2) is 6.16. The Morgan fingerprint density at radius 3 is 2.60 bits per heavy atom. The van der Waals surface area contributed by atoms with Crippen LogP contribution in [0.25, 0.3) is 0 Å². The highest BCUT2D eigenvalue weighted by Gasteiger charge is 2.15. The van der Waals surface area contributed by atoms with Gasteiger partial charge in [0.05, 0.1) is 5.02 Å². The molecule has 2 aromatic carbocycles. The summed E-state index contributed by atoms with van der Waals surface area (Å²) in [5.41, 5.74) is 1.79. The van der Waals surface area contributed by atoms with Crippen molar-refractivity contribution in [3.05, 3.63) is 63.1 Å². The van der Waals surface area contributed by atoms with Gasteiger partial charge in [0.15, 0.2) is 0 Å². The van der Waals surface area contributed by atoms with E-state index in [-0.39, 0.29) is 22.9 Å². The van der Waals surface area contributed by atoms with Crippen LogP contribution in [0.4, 0.5) is 0 Å². The molecule has 0 fully saturated rings. The summed E-state index contributed by atoms with van der Waals surface area (Å²) in [6.07, 6.45) is 0. The summed E-state index contributed by atoms with van der Waals surface area (Å²) < 4.78 is 5.54. The molecule has 0 saturated carbocycles. The van der Waals surface area contributed by atoms with Crippen LogP contribution in [-0.4, -0.2) is 11.1 Å². The highest BCUT2D eigenvalue weighted by Crippen LogP contribution is 2.28. The van der Waals surface area contributed by atoms with Gasteiger partial charge in [0.1, 0.15) is 17.9 Å². The van der Waals surface area contributed by atoms with E-state index in [2.05, 4.69) is 0 Å². The van der Waals surface area contributed by atoms with Gasteiger partial charge in [-0.2, -0.15) is 0 Å². The molecule has 0 radical (unpaired) electrons. The molecular weight excluding hydrogens is 299 g/mol. The summed E-state index contributed by atoms with van der Waals surface area (Å²) in [7, 11) is 0. The van der Waals surface area contributed by atoms with Gasteiger partial charge in [-0.3, -0.25) is 0 Å². The fourth-order valence-corrected chi connectivity index (χ4v) is 2.29. The first-order chi connectivity index (χ1) is 9.49. The normalized spacial score (nSPS) is 10.3. The number of hydrogen-bond donors (Lipinski definition) is 1. The van der Waals surface area contributed by atoms with Crippen LogP contribution in [0, 0.1) is 6.92 Å². The van der Waals surface area contributed by atoms with E-state index in [1.165, 1.54) is 6.07 Å². The fourth-order valence-electron chi connectivity index (χ4n) is 1.76. The minimum atomic E-state index is -1.12. The van der Waals surface area contributed by atoms with E-state index in [9.17, 15) is 4.79 Å².